The Morgan fingerprint density at radius 2 is 2.08 bits per heavy atom. The van der Waals surface area contributed by atoms with Gasteiger partial charge in [-0.25, -0.2) is 4.98 Å². The maximum atomic E-state index is 5.07. The lowest BCUT2D eigenvalue weighted by molar-refractivity contribution is 0.167. The highest BCUT2D eigenvalue weighted by Crippen LogP contribution is 2.25. The van der Waals surface area contributed by atoms with E-state index in [1.165, 1.54) is 17.1 Å². The van der Waals surface area contributed by atoms with E-state index in [9.17, 15) is 0 Å². The highest BCUT2D eigenvalue weighted by atomic mass is 32.1. The van der Waals surface area contributed by atoms with Gasteiger partial charge in [0.25, 0.3) is 0 Å². The summed E-state index contributed by atoms with van der Waals surface area (Å²) in [6.45, 7) is 5.13. The van der Waals surface area contributed by atoms with Crippen LogP contribution in [0.4, 0.5) is 5.13 Å². The van der Waals surface area contributed by atoms with Crippen LogP contribution in [-0.4, -0.2) is 52.1 Å². The van der Waals surface area contributed by atoms with Crippen LogP contribution >= 0.6 is 11.5 Å². The highest BCUT2D eigenvalue weighted by Gasteiger charge is 2.24. The number of rotatable bonds is 7. The fraction of sp³-hybridized carbons (Fsp3) is 0.588. The molecule has 0 saturated carbocycles. The van der Waals surface area contributed by atoms with Crippen molar-refractivity contribution in [3.8, 4) is 0 Å². The van der Waals surface area contributed by atoms with E-state index in [4.69, 9.17) is 4.74 Å². The molecule has 3 rings (SSSR count). The molecular formula is C17H25N5OS. The lowest BCUT2D eigenvalue weighted by Crippen LogP contribution is -2.40. The molecule has 3 heterocycles. The molecule has 130 valence electrons. The van der Waals surface area contributed by atoms with Crippen molar-refractivity contribution in [2.75, 3.05) is 32.1 Å². The second-order valence-electron chi connectivity index (χ2n) is 6.17. The van der Waals surface area contributed by atoms with Gasteiger partial charge in [0, 0.05) is 62.6 Å². The largest absolute Gasteiger partial charge is 0.384 e. The number of likely N-dealkylation sites (tertiary alicyclic amines) is 1. The molecule has 0 bridgehead atoms. The normalized spacial score (nSPS) is 17.8. The second kappa shape index (κ2) is 8.50. The summed E-state index contributed by atoms with van der Waals surface area (Å²) in [7, 11) is 1.70. The molecule has 1 aliphatic heterocycles. The molecular weight excluding hydrogens is 322 g/mol. The van der Waals surface area contributed by atoms with Crippen LogP contribution in [-0.2, 0) is 11.2 Å². The smallest absolute Gasteiger partial charge is 0.202 e. The molecule has 0 aliphatic carbocycles. The summed E-state index contributed by atoms with van der Waals surface area (Å²) in [5.41, 5.74) is 1.34. The van der Waals surface area contributed by atoms with E-state index in [1.807, 2.05) is 12.4 Å². The first-order valence-electron chi connectivity index (χ1n) is 8.48. The maximum absolute atomic E-state index is 5.07. The van der Waals surface area contributed by atoms with Crippen molar-refractivity contribution in [2.45, 2.75) is 38.3 Å². The first kappa shape index (κ1) is 17.3. The molecule has 2 aromatic rings. The lowest BCUT2D eigenvalue weighted by atomic mass is 10.0. The van der Waals surface area contributed by atoms with Gasteiger partial charge < -0.3 is 10.1 Å². The summed E-state index contributed by atoms with van der Waals surface area (Å²) in [5.74, 6) is 0.869. The molecule has 1 N–H and O–H groups in total. The number of methoxy groups -OCH3 is 1. The zero-order valence-electron chi connectivity index (χ0n) is 14.3. The summed E-state index contributed by atoms with van der Waals surface area (Å²) in [6, 6.07) is 5.14. The van der Waals surface area contributed by atoms with Crippen LogP contribution in [0, 0.1) is 0 Å². The van der Waals surface area contributed by atoms with E-state index in [2.05, 4.69) is 43.6 Å². The van der Waals surface area contributed by atoms with Gasteiger partial charge in [-0.2, -0.15) is 4.37 Å². The van der Waals surface area contributed by atoms with Crippen LogP contribution in [0.15, 0.2) is 24.5 Å². The Morgan fingerprint density at radius 1 is 1.33 bits per heavy atom. The van der Waals surface area contributed by atoms with Gasteiger partial charge in [0.15, 0.2) is 0 Å². The SMILES string of the molecule is COCCc1nsc(NC2CCN(C(C)c3ccncc3)CC2)n1. The van der Waals surface area contributed by atoms with E-state index in [0.29, 0.717) is 18.7 Å². The molecule has 1 atom stereocenters. The van der Waals surface area contributed by atoms with Gasteiger partial charge in [-0.15, -0.1) is 0 Å². The van der Waals surface area contributed by atoms with Crippen LogP contribution < -0.4 is 5.32 Å². The number of hydrogen-bond donors (Lipinski definition) is 1. The molecule has 1 aliphatic rings. The Labute approximate surface area is 147 Å². The lowest BCUT2D eigenvalue weighted by Gasteiger charge is -2.36. The molecule has 7 heteroatoms. The van der Waals surface area contributed by atoms with Gasteiger partial charge in [0.05, 0.1) is 6.61 Å². The Morgan fingerprint density at radius 3 is 2.79 bits per heavy atom. The minimum atomic E-state index is 0.441. The number of piperidine rings is 1. The minimum absolute atomic E-state index is 0.441. The van der Waals surface area contributed by atoms with E-state index in [0.717, 1.165) is 43.3 Å². The Hall–Kier alpha value is -1.57. The molecule has 0 spiro atoms. The third-order valence-electron chi connectivity index (χ3n) is 4.59. The molecule has 1 unspecified atom stereocenters. The maximum Gasteiger partial charge on any atom is 0.202 e. The number of nitrogens with one attached hydrogen (secondary N) is 1. The van der Waals surface area contributed by atoms with Crippen molar-refractivity contribution in [3.63, 3.8) is 0 Å². The third-order valence-corrected chi connectivity index (χ3v) is 5.28. The summed E-state index contributed by atoms with van der Waals surface area (Å²) in [4.78, 5) is 11.2. The predicted octanol–water partition coefficient (Wildman–Crippen LogP) is 2.76. The van der Waals surface area contributed by atoms with Gasteiger partial charge in [0.2, 0.25) is 5.13 Å². The number of aromatic nitrogens is 3. The molecule has 6 nitrogen and oxygen atoms in total. The topological polar surface area (TPSA) is 63.2 Å². The average Bonchev–Trinajstić information content (AvgIpc) is 3.08. The first-order valence-corrected chi connectivity index (χ1v) is 9.25. The summed E-state index contributed by atoms with van der Waals surface area (Å²) < 4.78 is 9.44. The molecule has 1 saturated heterocycles. The Balaban J connectivity index is 1.47. The molecule has 0 aromatic carbocycles. The molecule has 0 amide bonds. The third kappa shape index (κ3) is 4.49. The molecule has 0 radical (unpaired) electrons. The van der Waals surface area contributed by atoms with Crippen molar-refractivity contribution in [3.05, 3.63) is 35.9 Å². The summed E-state index contributed by atoms with van der Waals surface area (Å²) in [6.07, 6.45) is 6.77. The van der Waals surface area contributed by atoms with Crippen molar-refractivity contribution in [1.82, 2.24) is 19.2 Å². The standard InChI is InChI=1S/C17H25N5OS/c1-13(14-3-8-18-9-4-14)22-10-5-15(6-11-22)19-17-20-16(21-24-17)7-12-23-2/h3-4,8-9,13,15H,5-7,10-12H2,1-2H3,(H,19,20,21). The van der Waals surface area contributed by atoms with Gasteiger partial charge in [-0.3, -0.25) is 9.88 Å². The van der Waals surface area contributed by atoms with Crippen LogP contribution in [0.1, 0.15) is 37.2 Å². The fourth-order valence-corrected chi connectivity index (χ4v) is 3.76. The van der Waals surface area contributed by atoms with Gasteiger partial charge in [0.1, 0.15) is 5.82 Å². The highest BCUT2D eigenvalue weighted by molar-refractivity contribution is 7.09. The number of nitrogens with zero attached hydrogens (tertiary/aromatic N) is 4. The van der Waals surface area contributed by atoms with Crippen LogP contribution in [0.2, 0.25) is 0 Å². The van der Waals surface area contributed by atoms with Crippen molar-refractivity contribution >= 4 is 16.7 Å². The summed E-state index contributed by atoms with van der Waals surface area (Å²) >= 11 is 1.45. The fourth-order valence-electron chi connectivity index (χ4n) is 3.07. The molecule has 2 aromatic heterocycles. The first-order chi connectivity index (χ1) is 11.8. The molecule has 1 fully saturated rings. The van der Waals surface area contributed by atoms with E-state index < -0.39 is 0 Å². The Bertz CT molecular complexity index is 612. The summed E-state index contributed by atoms with van der Waals surface area (Å²) in [5, 5.41) is 4.48. The van der Waals surface area contributed by atoms with Crippen LogP contribution in [0.5, 0.6) is 0 Å². The van der Waals surface area contributed by atoms with Crippen LogP contribution in [0.25, 0.3) is 0 Å². The number of ether oxygens (including phenoxy) is 1. The Kier molecular flexibility index (Phi) is 6.12. The van der Waals surface area contributed by atoms with E-state index in [-0.39, 0.29) is 0 Å². The van der Waals surface area contributed by atoms with Crippen molar-refractivity contribution in [1.29, 1.82) is 0 Å². The number of hydrogen-bond acceptors (Lipinski definition) is 7. The minimum Gasteiger partial charge on any atom is -0.384 e. The van der Waals surface area contributed by atoms with Crippen molar-refractivity contribution in [2.24, 2.45) is 0 Å². The number of pyridine rings is 1. The zero-order valence-corrected chi connectivity index (χ0v) is 15.1. The van der Waals surface area contributed by atoms with Gasteiger partial charge >= 0.3 is 0 Å². The van der Waals surface area contributed by atoms with Gasteiger partial charge in [-0.1, -0.05) is 0 Å². The quantitative estimate of drug-likeness (QED) is 0.831. The van der Waals surface area contributed by atoms with Crippen molar-refractivity contribution < 1.29 is 4.74 Å². The second-order valence-corrected chi connectivity index (χ2v) is 6.92. The zero-order chi connectivity index (χ0) is 16.8. The van der Waals surface area contributed by atoms with E-state index in [1.54, 1.807) is 7.11 Å². The monoisotopic (exact) mass is 347 g/mol. The van der Waals surface area contributed by atoms with Crippen LogP contribution in [0.3, 0.4) is 0 Å². The number of anilines is 1. The van der Waals surface area contributed by atoms with E-state index >= 15 is 0 Å². The average molecular weight is 347 g/mol. The van der Waals surface area contributed by atoms with Gasteiger partial charge in [-0.05, 0) is 37.5 Å². The molecule has 24 heavy (non-hydrogen) atoms. The predicted molar refractivity (Wildman–Crippen MR) is 96.4 cm³/mol.